The minimum Gasteiger partial charge on any atom is -0.383 e. The highest BCUT2D eigenvalue weighted by Crippen LogP contribution is 2.25. The molecule has 0 fully saturated rings. The van der Waals surface area contributed by atoms with E-state index >= 15 is 0 Å². The quantitative estimate of drug-likeness (QED) is 0.836. The largest absolute Gasteiger partial charge is 0.383 e. The molecular weight excluding hydrogens is 329 g/mol. The highest BCUT2D eigenvalue weighted by atomic mass is 79.9. The molecule has 1 N–H and O–H groups in total. The van der Waals surface area contributed by atoms with E-state index in [1.165, 1.54) is 0 Å². The van der Waals surface area contributed by atoms with Crippen molar-refractivity contribution in [2.75, 3.05) is 20.3 Å². The Bertz CT molecular complexity index is 401. The fourth-order valence-corrected chi connectivity index (χ4v) is 2.00. The molecule has 3 nitrogen and oxygen atoms in total. The van der Waals surface area contributed by atoms with Crippen LogP contribution >= 0.6 is 39.1 Å². The first-order valence-corrected chi connectivity index (χ1v) is 6.52. The van der Waals surface area contributed by atoms with E-state index in [1.54, 1.807) is 25.3 Å². The number of methoxy groups -OCH3 is 1. The Morgan fingerprint density at radius 1 is 1.59 bits per heavy atom. The fraction of sp³-hybridized carbons (Fsp3) is 0.364. The Kier molecular flexibility index (Phi) is 6.27. The van der Waals surface area contributed by atoms with Crippen molar-refractivity contribution in [1.82, 2.24) is 5.32 Å². The number of nitrogens with one attached hydrogen (secondary N) is 1. The first-order chi connectivity index (χ1) is 8.06. The van der Waals surface area contributed by atoms with Gasteiger partial charge in [0.05, 0.1) is 22.6 Å². The Hall–Kier alpha value is -0.290. The summed E-state index contributed by atoms with van der Waals surface area (Å²) in [6, 6.07) is 5.18. The maximum absolute atomic E-state index is 11.8. The zero-order valence-electron chi connectivity index (χ0n) is 9.17. The van der Waals surface area contributed by atoms with Crippen molar-refractivity contribution >= 4 is 45.0 Å². The van der Waals surface area contributed by atoms with Crippen LogP contribution in [0.25, 0.3) is 0 Å². The second-order valence-electron chi connectivity index (χ2n) is 3.36. The molecule has 1 aromatic rings. The van der Waals surface area contributed by atoms with Crippen LogP contribution < -0.4 is 5.32 Å². The third kappa shape index (κ3) is 4.47. The lowest BCUT2D eigenvalue weighted by atomic mass is 10.2. The predicted octanol–water partition coefficient (Wildman–Crippen LogP) is 3.09. The Labute approximate surface area is 119 Å². The van der Waals surface area contributed by atoms with E-state index < -0.39 is 0 Å². The van der Waals surface area contributed by atoms with Gasteiger partial charge in [-0.2, -0.15) is 0 Å². The molecule has 1 aromatic carbocycles. The fourth-order valence-electron chi connectivity index (χ4n) is 1.22. The van der Waals surface area contributed by atoms with Crippen molar-refractivity contribution in [3.05, 3.63) is 33.3 Å². The van der Waals surface area contributed by atoms with Gasteiger partial charge >= 0.3 is 0 Å². The summed E-state index contributed by atoms with van der Waals surface area (Å²) < 4.78 is 5.55. The summed E-state index contributed by atoms with van der Waals surface area (Å²) >= 11 is 15.2. The number of alkyl halides is 1. The van der Waals surface area contributed by atoms with E-state index in [4.69, 9.17) is 27.9 Å². The number of hydrogen-bond donors (Lipinski definition) is 1. The van der Waals surface area contributed by atoms with E-state index in [0.29, 0.717) is 28.2 Å². The zero-order valence-corrected chi connectivity index (χ0v) is 12.3. The van der Waals surface area contributed by atoms with E-state index in [1.807, 2.05) is 0 Å². The average molecular weight is 341 g/mol. The molecule has 0 bridgehead atoms. The van der Waals surface area contributed by atoms with Crippen molar-refractivity contribution in [2.45, 2.75) is 5.38 Å². The molecule has 17 heavy (non-hydrogen) atoms. The van der Waals surface area contributed by atoms with Crippen LogP contribution in [-0.2, 0) is 4.74 Å². The van der Waals surface area contributed by atoms with Crippen molar-refractivity contribution in [3.63, 3.8) is 0 Å². The number of carbonyl (C=O) groups excluding carboxylic acids is 1. The lowest BCUT2D eigenvalue weighted by molar-refractivity contribution is 0.0949. The van der Waals surface area contributed by atoms with Gasteiger partial charge in [-0.3, -0.25) is 4.79 Å². The molecule has 0 saturated carbocycles. The van der Waals surface area contributed by atoms with Crippen LogP contribution in [0.5, 0.6) is 0 Å². The van der Waals surface area contributed by atoms with Crippen molar-refractivity contribution in [3.8, 4) is 0 Å². The number of hydrogen-bond acceptors (Lipinski definition) is 2. The Balaban J connectivity index is 2.61. The summed E-state index contributed by atoms with van der Waals surface area (Å²) in [5.74, 6) is -0.252. The Morgan fingerprint density at radius 2 is 2.29 bits per heavy atom. The van der Waals surface area contributed by atoms with Gasteiger partial charge < -0.3 is 10.1 Å². The summed E-state index contributed by atoms with van der Waals surface area (Å²) in [6.45, 7) is 0.713. The molecule has 0 heterocycles. The maximum atomic E-state index is 11.8. The number of halogens is 3. The van der Waals surface area contributed by atoms with Crippen LogP contribution in [-0.4, -0.2) is 31.5 Å². The van der Waals surface area contributed by atoms with Gasteiger partial charge in [-0.05, 0) is 28.1 Å². The molecule has 0 aromatic heterocycles. The van der Waals surface area contributed by atoms with Gasteiger partial charge in [0.2, 0.25) is 0 Å². The maximum Gasteiger partial charge on any atom is 0.252 e. The summed E-state index contributed by atoms with van der Waals surface area (Å²) in [5, 5.41) is 2.83. The SMILES string of the molecule is COCC(Cl)CNC(=O)c1cccc(Br)c1Cl. The van der Waals surface area contributed by atoms with Gasteiger partial charge in [-0.25, -0.2) is 0 Å². The molecular formula is C11H12BrCl2NO2. The van der Waals surface area contributed by atoms with Crippen LogP contribution in [0.3, 0.4) is 0 Å². The van der Waals surface area contributed by atoms with Crippen LogP contribution in [0.4, 0.5) is 0 Å². The van der Waals surface area contributed by atoms with Gasteiger partial charge in [0, 0.05) is 18.1 Å². The summed E-state index contributed by atoms with van der Waals surface area (Å²) in [6.07, 6.45) is 0. The van der Waals surface area contributed by atoms with Gasteiger partial charge in [0.15, 0.2) is 0 Å². The number of rotatable bonds is 5. The van der Waals surface area contributed by atoms with E-state index in [-0.39, 0.29) is 11.3 Å². The van der Waals surface area contributed by atoms with Gasteiger partial charge in [-0.15, -0.1) is 11.6 Å². The molecule has 1 unspecified atom stereocenters. The van der Waals surface area contributed by atoms with Crippen molar-refractivity contribution in [2.24, 2.45) is 0 Å². The zero-order chi connectivity index (χ0) is 12.8. The molecule has 6 heteroatoms. The number of benzene rings is 1. The third-order valence-corrected chi connectivity index (χ3v) is 3.60. The highest BCUT2D eigenvalue weighted by molar-refractivity contribution is 9.10. The molecule has 0 aliphatic rings. The molecule has 0 saturated heterocycles. The lowest BCUT2D eigenvalue weighted by Gasteiger charge is -2.11. The topological polar surface area (TPSA) is 38.3 Å². The molecule has 1 rings (SSSR count). The van der Waals surface area contributed by atoms with Gasteiger partial charge in [-0.1, -0.05) is 17.7 Å². The van der Waals surface area contributed by atoms with Crippen LogP contribution in [0.15, 0.2) is 22.7 Å². The van der Waals surface area contributed by atoms with Crippen LogP contribution in [0, 0.1) is 0 Å². The second-order valence-corrected chi connectivity index (χ2v) is 5.21. The molecule has 0 aliphatic carbocycles. The summed E-state index contributed by atoms with van der Waals surface area (Å²) in [7, 11) is 1.56. The summed E-state index contributed by atoms with van der Waals surface area (Å²) in [5.41, 5.74) is 0.419. The van der Waals surface area contributed by atoms with E-state index in [9.17, 15) is 4.79 Å². The van der Waals surface area contributed by atoms with E-state index in [0.717, 1.165) is 0 Å². The van der Waals surface area contributed by atoms with Gasteiger partial charge in [0.25, 0.3) is 5.91 Å². The average Bonchev–Trinajstić information content (AvgIpc) is 2.30. The second kappa shape index (κ2) is 7.21. The van der Waals surface area contributed by atoms with Crippen LogP contribution in [0.2, 0.25) is 5.02 Å². The minimum absolute atomic E-state index is 0.252. The minimum atomic E-state index is -0.255. The predicted molar refractivity (Wildman–Crippen MR) is 73.0 cm³/mol. The van der Waals surface area contributed by atoms with E-state index in [2.05, 4.69) is 21.2 Å². The van der Waals surface area contributed by atoms with Crippen LogP contribution in [0.1, 0.15) is 10.4 Å². The normalized spacial score (nSPS) is 12.2. The first-order valence-electron chi connectivity index (χ1n) is 4.91. The molecule has 1 atom stereocenters. The molecule has 0 radical (unpaired) electrons. The van der Waals surface area contributed by atoms with Crippen molar-refractivity contribution in [1.29, 1.82) is 0 Å². The first kappa shape index (κ1) is 14.8. The lowest BCUT2D eigenvalue weighted by Crippen LogP contribution is -2.31. The smallest absolute Gasteiger partial charge is 0.252 e. The molecule has 94 valence electrons. The van der Waals surface area contributed by atoms with Crippen molar-refractivity contribution < 1.29 is 9.53 Å². The van der Waals surface area contributed by atoms with Gasteiger partial charge in [0.1, 0.15) is 0 Å². The highest BCUT2D eigenvalue weighted by Gasteiger charge is 2.13. The standard InChI is InChI=1S/C11H12BrCl2NO2/c1-17-6-7(13)5-15-11(16)8-3-2-4-9(12)10(8)14/h2-4,7H,5-6H2,1H3,(H,15,16). The number of amides is 1. The molecule has 0 aliphatic heterocycles. The monoisotopic (exact) mass is 339 g/mol. The number of carbonyl (C=O) groups is 1. The Morgan fingerprint density at radius 3 is 2.94 bits per heavy atom. The molecule has 0 spiro atoms. The third-order valence-electron chi connectivity index (χ3n) is 2.03. The number of ether oxygens (including phenoxy) is 1. The summed E-state index contributed by atoms with van der Waals surface area (Å²) in [4.78, 5) is 11.8. The molecule has 1 amide bonds.